The number of esters is 1. The molecule has 1 heterocycles. The number of fused-ring (bicyclic) bond motifs is 1. The Balaban J connectivity index is 1.75. The van der Waals surface area contributed by atoms with Gasteiger partial charge in [-0.2, -0.15) is 0 Å². The van der Waals surface area contributed by atoms with Gasteiger partial charge < -0.3 is 20.1 Å². The molecule has 2 amide bonds. The Hall–Kier alpha value is -4.13. The van der Waals surface area contributed by atoms with E-state index < -0.39 is 5.97 Å². The first kappa shape index (κ1) is 20.2. The molecule has 1 aliphatic rings. The van der Waals surface area contributed by atoms with Gasteiger partial charge in [-0.25, -0.2) is 4.79 Å². The molecule has 4 rings (SSSR count). The number of rotatable bonds is 5. The molecule has 7 nitrogen and oxygen atoms in total. The van der Waals surface area contributed by atoms with Crippen molar-refractivity contribution in [1.82, 2.24) is 5.32 Å². The number of benzene rings is 3. The van der Waals surface area contributed by atoms with Gasteiger partial charge in [0.15, 0.2) is 0 Å². The summed E-state index contributed by atoms with van der Waals surface area (Å²) in [7, 11) is 2.83. The average molecular weight is 416 g/mol. The Morgan fingerprint density at radius 2 is 1.71 bits per heavy atom. The van der Waals surface area contributed by atoms with Gasteiger partial charge in [-0.1, -0.05) is 18.2 Å². The maximum Gasteiger partial charge on any atom is 0.337 e. The molecular weight excluding hydrogens is 396 g/mol. The molecule has 0 atom stereocenters. The summed E-state index contributed by atoms with van der Waals surface area (Å²) in [5.41, 5.74) is 4.08. The van der Waals surface area contributed by atoms with E-state index in [-0.39, 0.29) is 17.4 Å². The smallest absolute Gasteiger partial charge is 0.337 e. The van der Waals surface area contributed by atoms with Gasteiger partial charge in [0, 0.05) is 23.4 Å². The quantitative estimate of drug-likeness (QED) is 0.620. The number of hydrogen-bond acceptors (Lipinski definition) is 5. The van der Waals surface area contributed by atoms with E-state index >= 15 is 0 Å². The molecule has 0 saturated carbocycles. The van der Waals surface area contributed by atoms with Gasteiger partial charge in [0.1, 0.15) is 5.75 Å². The Morgan fingerprint density at radius 1 is 0.935 bits per heavy atom. The number of hydrogen-bond donors (Lipinski definition) is 2. The fourth-order valence-corrected chi connectivity index (χ4v) is 3.58. The second-order valence-corrected chi connectivity index (χ2v) is 6.99. The van der Waals surface area contributed by atoms with Crippen molar-refractivity contribution in [3.63, 3.8) is 0 Å². The predicted octanol–water partition coefficient (Wildman–Crippen LogP) is 3.64. The van der Waals surface area contributed by atoms with Crippen molar-refractivity contribution in [1.29, 1.82) is 0 Å². The first-order valence-corrected chi connectivity index (χ1v) is 9.59. The zero-order valence-electron chi connectivity index (χ0n) is 17.0. The largest absolute Gasteiger partial charge is 0.497 e. The lowest BCUT2D eigenvalue weighted by Crippen LogP contribution is -2.13. The topological polar surface area (TPSA) is 93.7 Å². The fourth-order valence-electron chi connectivity index (χ4n) is 3.58. The van der Waals surface area contributed by atoms with Crippen LogP contribution in [0.4, 0.5) is 5.69 Å². The lowest BCUT2D eigenvalue weighted by Gasteiger charge is -2.13. The molecule has 3 aromatic carbocycles. The summed E-state index contributed by atoms with van der Waals surface area (Å²) >= 11 is 0. The molecule has 156 valence electrons. The highest BCUT2D eigenvalue weighted by Crippen LogP contribution is 2.32. The van der Waals surface area contributed by atoms with Crippen LogP contribution in [0.3, 0.4) is 0 Å². The van der Waals surface area contributed by atoms with Crippen molar-refractivity contribution in [2.24, 2.45) is 0 Å². The van der Waals surface area contributed by atoms with Crippen LogP contribution in [0.15, 0.2) is 60.7 Å². The molecule has 0 unspecified atom stereocenters. The summed E-state index contributed by atoms with van der Waals surface area (Å²) < 4.78 is 10.1. The number of methoxy groups -OCH3 is 2. The van der Waals surface area contributed by atoms with E-state index in [1.54, 1.807) is 54.6 Å². The monoisotopic (exact) mass is 416 g/mol. The summed E-state index contributed by atoms with van der Waals surface area (Å²) in [4.78, 5) is 37.1. The first-order chi connectivity index (χ1) is 15.0. The van der Waals surface area contributed by atoms with Gasteiger partial charge in [-0.15, -0.1) is 0 Å². The molecule has 3 aromatic rings. The molecule has 0 radical (unpaired) electrons. The maximum atomic E-state index is 12.8. The van der Waals surface area contributed by atoms with Crippen LogP contribution >= 0.6 is 0 Å². The third kappa shape index (κ3) is 3.98. The summed E-state index contributed by atoms with van der Waals surface area (Å²) in [6.45, 7) is 0.401. The molecule has 31 heavy (non-hydrogen) atoms. The number of nitrogens with one attached hydrogen (secondary N) is 2. The normalized spacial score (nSPS) is 12.0. The average Bonchev–Trinajstić information content (AvgIpc) is 3.19. The molecule has 1 aliphatic heterocycles. The fraction of sp³-hybridized carbons (Fsp3) is 0.125. The summed E-state index contributed by atoms with van der Waals surface area (Å²) in [5.74, 6) is -0.441. The van der Waals surface area contributed by atoms with Crippen LogP contribution in [0.5, 0.6) is 5.75 Å². The number of ether oxygens (including phenoxy) is 2. The van der Waals surface area contributed by atoms with Gasteiger partial charge in [-0.05, 0) is 59.2 Å². The third-order valence-electron chi connectivity index (χ3n) is 5.10. The summed E-state index contributed by atoms with van der Waals surface area (Å²) in [6.07, 6.45) is 0. The van der Waals surface area contributed by atoms with Gasteiger partial charge in [0.25, 0.3) is 11.8 Å². The lowest BCUT2D eigenvalue weighted by atomic mass is 9.95. The van der Waals surface area contributed by atoms with Crippen molar-refractivity contribution in [3.8, 4) is 16.9 Å². The van der Waals surface area contributed by atoms with Crippen LogP contribution in [0.2, 0.25) is 0 Å². The molecule has 7 heteroatoms. The Labute approximate surface area is 179 Å². The van der Waals surface area contributed by atoms with Gasteiger partial charge in [0.2, 0.25) is 0 Å². The Bertz CT molecular complexity index is 1200. The third-order valence-corrected chi connectivity index (χ3v) is 5.10. The highest BCUT2D eigenvalue weighted by Gasteiger charge is 2.23. The SMILES string of the molecule is COC(=O)c1cc(NC(=O)c2cccc(OC)c2)cc(-c2cccc3c2CNC3=O)c1. The molecule has 2 N–H and O–H groups in total. The minimum absolute atomic E-state index is 0.132. The molecule has 0 fully saturated rings. The van der Waals surface area contributed by atoms with E-state index in [1.165, 1.54) is 14.2 Å². The van der Waals surface area contributed by atoms with E-state index in [9.17, 15) is 14.4 Å². The summed E-state index contributed by atoms with van der Waals surface area (Å²) in [5, 5.41) is 5.64. The van der Waals surface area contributed by atoms with Crippen LogP contribution in [0.1, 0.15) is 36.6 Å². The van der Waals surface area contributed by atoms with Crippen LogP contribution < -0.4 is 15.4 Å². The number of carbonyl (C=O) groups is 3. The van der Waals surface area contributed by atoms with E-state index in [0.717, 1.165) is 11.1 Å². The highest BCUT2D eigenvalue weighted by molar-refractivity contribution is 6.06. The van der Waals surface area contributed by atoms with Crippen molar-refractivity contribution in [2.75, 3.05) is 19.5 Å². The number of carbonyl (C=O) groups excluding carboxylic acids is 3. The van der Waals surface area contributed by atoms with Gasteiger partial charge in [-0.3, -0.25) is 9.59 Å². The van der Waals surface area contributed by atoms with Gasteiger partial charge >= 0.3 is 5.97 Å². The van der Waals surface area contributed by atoms with Gasteiger partial charge in [0.05, 0.1) is 19.8 Å². The first-order valence-electron chi connectivity index (χ1n) is 9.59. The van der Waals surface area contributed by atoms with E-state index in [0.29, 0.717) is 34.7 Å². The Morgan fingerprint density at radius 3 is 2.48 bits per heavy atom. The number of amides is 2. The minimum atomic E-state index is -0.527. The molecular formula is C24H20N2O5. The van der Waals surface area contributed by atoms with Crippen molar-refractivity contribution in [3.05, 3.63) is 82.9 Å². The highest BCUT2D eigenvalue weighted by atomic mass is 16.5. The minimum Gasteiger partial charge on any atom is -0.497 e. The van der Waals surface area contributed by atoms with Crippen LogP contribution in [0, 0.1) is 0 Å². The zero-order valence-corrected chi connectivity index (χ0v) is 17.0. The van der Waals surface area contributed by atoms with E-state index in [1.807, 2.05) is 6.07 Å². The lowest BCUT2D eigenvalue weighted by molar-refractivity contribution is 0.0600. The van der Waals surface area contributed by atoms with Crippen LogP contribution in [-0.2, 0) is 11.3 Å². The molecule has 0 aromatic heterocycles. The maximum absolute atomic E-state index is 12.8. The van der Waals surface area contributed by atoms with Crippen molar-refractivity contribution in [2.45, 2.75) is 6.54 Å². The Kier molecular flexibility index (Phi) is 5.41. The van der Waals surface area contributed by atoms with E-state index in [4.69, 9.17) is 9.47 Å². The molecule has 0 saturated heterocycles. The molecule has 0 bridgehead atoms. The summed E-state index contributed by atoms with van der Waals surface area (Å²) in [6, 6.07) is 17.2. The van der Waals surface area contributed by atoms with Crippen molar-refractivity contribution >= 4 is 23.5 Å². The molecule has 0 aliphatic carbocycles. The zero-order chi connectivity index (χ0) is 22.0. The second kappa shape index (κ2) is 8.31. The van der Waals surface area contributed by atoms with Crippen molar-refractivity contribution < 1.29 is 23.9 Å². The molecule has 0 spiro atoms. The van der Waals surface area contributed by atoms with Crippen LogP contribution in [0.25, 0.3) is 11.1 Å². The predicted molar refractivity (Wildman–Crippen MR) is 115 cm³/mol. The standard InChI is InChI=1S/C24H20N2O5/c1-30-18-6-3-5-14(12-18)22(27)26-17-10-15(9-16(11-17)24(29)31-2)19-7-4-8-20-21(19)13-25-23(20)28/h3-12H,13H2,1-2H3,(H,25,28)(H,26,27). The van der Waals surface area contributed by atoms with Crippen LogP contribution in [-0.4, -0.2) is 32.0 Å². The number of anilines is 1. The second-order valence-electron chi connectivity index (χ2n) is 6.99. The van der Waals surface area contributed by atoms with E-state index in [2.05, 4.69) is 10.6 Å².